The van der Waals surface area contributed by atoms with Crippen molar-refractivity contribution in [1.29, 1.82) is 0 Å². The van der Waals surface area contributed by atoms with Crippen LogP contribution in [0.15, 0.2) is 24.3 Å². The molecule has 66 valence electrons. The van der Waals surface area contributed by atoms with Gasteiger partial charge in [0, 0.05) is 11.3 Å². The molecule has 0 radical (unpaired) electrons. The number of hydrogen-bond donors (Lipinski definition) is 1. The average Bonchev–Trinajstić information content (AvgIpc) is 2.17. The average molecular weight is 177 g/mol. The summed E-state index contributed by atoms with van der Waals surface area (Å²) >= 11 is 0. The highest BCUT2D eigenvalue weighted by Crippen LogP contribution is 2.22. The number of carbonyl (C=O) groups excluding carboxylic acids is 1. The van der Waals surface area contributed by atoms with Gasteiger partial charge in [-0.25, -0.2) is 4.39 Å². The molecule has 1 heterocycles. The Morgan fingerprint density at radius 1 is 1.46 bits per heavy atom. The van der Waals surface area contributed by atoms with Gasteiger partial charge >= 0.3 is 0 Å². The summed E-state index contributed by atoms with van der Waals surface area (Å²) in [4.78, 5) is 10.4. The molecule has 0 spiro atoms. The molecular formula is C10H8FNO. The minimum absolute atomic E-state index is 0.269. The van der Waals surface area contributed by atoms with Crippen LogP contribution in [-0.2, 0) is 4.79 Å². The zero-order valence-electron chi connectivity index (χ0n) is 6.83. The molecule has 1 aliphatic rings. The molecule has 0 amide bonds. The monoisotopic (exact) mass is 177 g/mol. The lowest BCUT2D eigenvalue weighted by atomic mass is 10.1. The zero-order valence-corrected chi connectivity index (χ0v) is 6.83. The summed E-state index contributed by atoms with van der Waals surface area (Å²) in [5.41, 5.74) is 1.57. The Morgan fingerprint density at radius 2 is 2.31 bits per heavy atom. The molecule has 1 atom stereocenters. The van der Waals surface area contributed by atoms with Gasteiger partial charge in [0.25, 0.3) is 0 Å². The number of carbonyl (C=O) groups is 1. The van der Waals surface area contributed by atoms with Crippen LogP contribution in [-0.4, -0.2) is 12.3 Å². The topological polar surface area (TPSA) is 29.1 Å². The number of hydrogen-bond acceptors (Lipinski definition) is 2. The number of rotatable bonds is 1. The maximum atomic E-state index is 12.7. The van der Waals surface area contributed by atoms with Gasteiger partial charge in [-0.05, 0) is 18.2 Å². The van der Waals surface area contributed by atoms with Crippen LogP contribution in [0.4, 0.5) is 10.1 Å². The highest BCUT2D eigenvalue weighted by Gasteiger charge is 2.11. The molecule has 1 aliphatic heterocycles. The maximum Gasteiger partial charge on any atom is 0.146 e. The van der Waals surface area contributed by atoms with E-state index >= 15 is 0 Å². The molecule has 0 bridgehead atoms. The quantitative estimate of drug-likeness (QED) is 0.663. The molecule has 2 nitrogen and oxygen atoms in total. The Bertz CT molecular complexity index is 373. The molecule has 0 saturated heterocycles. The number of benzene rings is 1. The first-order valence-corrected chi connectivity index (χ1v) is 3.99. The summed E-state index contributed by atoms with van der Waals surface area (Å²) in [5.74, 6) is -0.269. The summed E-state index contributed by atoms with van der Waals surface area (Å²) in [6.45, 7) is 0. The van der Waals surface area contributed by atoms with E-state index in [2.05, 4.69) is 5.32 Å². The van der Waals surface area contributed by atoms with Crippen molar-refractivity contribution >= 4 is 18.0 Å². The molecule has 0 fully saturated rings. The Kier molecular flexibility index (Phi) is 1.85. The second-order valence-electron chi connectivity index (χ2n) is 2.90. The van der Waals surface area contributed by atoms with Crippen LogP contribution >= 0.6 is 0 Å². The van der Waals surface area contributed by atoms with Gasteiger partial charge in [0.2, 0.25) is 0 Å². The minimum Gasteiger partial charge on any atom is -0.372 e. The molecule has 1 unspecified atom stereocenters. The smallest absolute Gasteiger partial charge is 0.146 e. The van der Waals surface area contributed by atoms with E-state index in [4.69, 9.17) is 0 Å². The van der Waals surface area contributed by atoms with E-state index < -0.39 is 0 Å². The Balaban J connectivity index is 2.40. The molecule has 1 aromatic carbocycles. The number of halogens is 1. The van der Waals surface area contributed by atoms with Crippen LogP contribution in [0, 0.1) is 5.82 Å². The highest BCUT2D eigenvalue weighted by molar-refractivity contribution is 5.79. The number of fused-ring (bicyclic) bond motifs is 1. The van der Waals surface area contributed by atoms with Gasteiger partial charge in [-0.1, -0.05) is 12.2 Å². The largest absolute Gasteiger partial charge is 0.372 e. The first-order valence-electron chi connectivity index (χ1n) is 3.99. The lowest BCUT2D eigenvalue weighted by molar-refractivity contribution is -0.107. The van der Waals surface area contributed by atoms with E-state index in [0.717, 1.165) is 17.5 Å². The van der Waals surface area contributed by atoms with Crippen molar-refractivity contribution in [2.24, 2.45) is 0 Å². The fourth-order valence-corrected chi connectivity index (χ4v) is 1.32. The molecule has 1 aromatic rings. The minimum atomic E-state index is -0.294. The van der Waals surface area contributed by atoms with Gasteiger partial charge in [0.05, 0.1) is 0 Å². The van der Waals surface area contributed by atoms with E-state index in [-0.39, 0.29) is 11.9 Å². The van der Waals surface area contributed by atoms with Crippen LogP contribution in [0.2, 0.25) is 0 Å². The molecular weight excluding hydrogens is 169 g/mol. The maximum absolute atomic E-state index is 12.7. The summed E-state index contributed by atoms with van der Waals surface area (Å²) in [5, 5.41) is 2.95. The molecule has 0 aliphatic carbocycles. The van der Waals surface area contributed by atoms with Crippen molar-refractivity contribution < 1.29 is 9.18 Å². The van der Waals surface area contributed by atoms with Crippen molar-refractivity contribution in [3.63, 3.8) is 0 Å². The van der Waals surface area contributed by atoms with Crippen molar-refractivity contribution in [3.8, 4) is 0 Å². The summed E-state index contributed by atoms with van der Waals surface area (Å²) in [6, 6.07) is 4.13. The third-order valence-corrected chi connectivity index (χ3v) is 1.97. The SMILES string of the molecule is O=CC1C=Cc2cc(F)ccc2N1. The Morgan fingerprint density at radius 3 is 3.08 bits per heavy atom. The van der Waals surface area contributed by atoms with Crippen LogP contribution in [0.1, 0.15) is 5.56 Å². The Labute approximate surface area is 75.1 Å². The predicted octanol–water partition coefficient (Wildman–Crippen LogP) is 1.83. The van der Waals surface area contributed by atoms with Gasteiger partial charge in [0.1, 0.15) is 18.1 Å². The standard InChI is InChI=1S/C10H8FNO/c11-8-2-4-10-7(5-8)1-3-9(6-13)12-10/h1-6,9,12H. The summed E-state index contributed by atoms with van der Waals surface area (Å²) in [7, 11) is 0. The molecule has 13 heavy (non-hydrogen) atoms. The van der Waals surface area contributed by atoms with E-state index in [9.17, 15) is 9.18 Å². The van der Waals surface area contributed by atoms with Gasteiger partial charge in [-0.15, -0.1) is 0 Å². The fourth-order valence-electron chi connectivity index (χ4n) is 1.32. The van der Waals surface area contributed by atoms with Crippen LogP contribution < -0.4 is 5.32 Å². The van der Waals surface area contributed by atoms with Crippen LogP contribution in [0.3, 0.4) is 0 Å². The lowest BCUT2D eigenvalue weighted by Crippen LogP contribution is -2.21. The van der Waals surface area contributed by atoms with E-state index in [1.54, 1.807) is 18.2 Å². The van der Waals surface area contributed by atoms with Crippen molar-refractivity contribution in [1.82, 2.24) is 0 Å². The van der Waals surface area contributed by atoms with Gasteiger partial charge < -0.3 is 10.1 Å². The van der Waals surface area contributed by atoms with E-state index in [0.29, 0.717) is 0 Å². The van der Waals surface area contributed by atoms with Gasteiger partial charge in [0.15, 0.2) is 0 Å². The summed E-state index contributed by atoms with van der Waals surface area (Å²) in [6.07, 6.45) is 4.26. The first-order chi connectivity index (χ1) is 6.29. The van der Waals surface area contributed by atoms with Gasteiger partial charge in [-0.2, -0.15) is 0 Å². The van der Waals surface area contributed by atoms with E-state index in [1.807, 2.05) is 0 Å². The normalized spacial score (nSPS) is 19.0. The fraction of sp³-hybridized carbons (Fsp3) is 0.100. The van der Waals surface area contributed by atoms with E-state index in [1.165, 1.54) is 12.1 Å². The predicted molar refractivity (Wildman–Crippen MR) is 48.9 cm³/mol. The molecule has 1 N–H and O–H groups in total. The molecule has 3 heteroatoms. The number of anilines is 1. The lowest BCUT2D eigenvalue weighted by Gasteiger charge is -2.17. The summed E-state index contributed by atoms with van der Waals surface area (Å²) < 4.78 is 12.7. The van der Waals surface area contributed by atoms with Crippen LogP contribution in [0.25, 0.3) is 6.08 Å². The first kappa shape index (κ1) is 7.98. The van der Waals surface area contributed by atoms with Crippen molar-refractivity contribution in [3.05, 3.63) is 35.7 Å². The second kappa shape index (κ2) is 3.01. The highest BCUT2D eigenvalue weighted by atomic mass is 19.1. The number of nitrogens with one attached hydrogen (secondary N) is 1. The zero-order chi connectivity index (χ0) is 9.26. The van der Waals surface area contributed by atoms with Crippen LogP contribution in [0.5, 0.6) is 0 Å². The van der Waals surface area contributed by atoms with Gasteiger partial charge in [-0.3, -0.25) is 0 Å². The molecule has 0 aromatic heterocycles. The Hall–Kier alpha value is -1.64. The second-order valence-corrected chi connectivity index (χ2v) is 2.90. The number of aldehydes is 1. The van der Waals surface area contributed by atoms with Crippen molar-refractivity contribution in [2.75, 3.05) is 5.32 Å². The molecule has 2 rings (SSSR count). The molecule has 0 saturated carbocycles. The third kappa shape index (κ3) is 1.45. The third-order valence-electron chi connectivity index (χ3n) is 1.97. The van der Waals surface area contributed by atoms with Crippen molar-refractivity contribution in [2.45, 2.75) is 6.04 Å².